The molecule has 0 aromatic heterocycles. The number of hydrogen-bond acceptors (Lipinski definition) is 5. The van der Waals surface area contributed by atoms with E-state index in [1.54, 1.807) is 0 Å². The van der Waals surface area contributed by atoms with E-state index in [-0.39, 0.29) is 32.7 Å². The van der Waals surface area contributed by atoms with Crippen molar-refractivity contribution in [1.29, 1.82) is 0 Å². The van der Waals surface area contributed by atoms with Gasteiger partial charge < -0.3 is 18.9 Å². The third kappa shape index (κ3) is 6.42. The van der Waals surface area contributed by atoms with Crippen molar-refractivity contribution in [2.75, 3.05) is 26.4 Å². The lowest BCUT2D eigenvalue weighted by Gasteiger charge is -2.31. The van der Waals surface area contributed by atoms with Gasteiger partial charge in [-0.05, 0) is 32.3 Å². The first-order chi connectivity index (χ1) is 11.9. The summed E-state index contributed by atoms with van der Waals surface area (Å²) in [6, 6.07) is 9.35. The summed E-state index contributed by atoms with van der Waals surface area (Å²) in [7, 11) is -4.61. The molecule has 0 bridgehead atoms. The van der Waals surface area contributed by atoms with E-state index in [4.69, 9.17) is 18.9 Å². The first kappa shape index (κ1) is 22.2. The van der Waals surface area contributed by atoms with E-state index in [2.05, 4.69) is 0 Å². The topological polar surface area (TPSA) is 65.0 Å². The Morgan fingerprint density at radius 3 is 2.24 bits per heavy atom. The number of hydrogen-bond donors (Lipinski definition) is 1. The lowest BCUT2D eigenvalue weighted by atomic mass is 10.0. The molecule has 0 saturated heterocycles. The maximum absolute atomic E-state index is 14.8. The standard InChI is InChI=1S/C17H27F2O5P/c1-3-23-25(21,24-4-2)17(18,19)16(10-12-20)11-13-22-14-15-8-6-5-7-9-15/h5-9,16,20H,3-4,10-14H2,1-2H3/t16-/m0/s1. The van der Waals surface area contributed by atoms with Gasteiger partial charge in [-0.2, -0.15) is 8.78 Å². The Labute approximate surface area is 147 Å². The van der Waals surface area contributed by atoms with E-state index in [1.165, 1.54) is 13.8 Å². The minimum atomic E-state index is -4.61. The van der Waals surface area contributed by atoms with Crippen molar-refractivity contribution in [2.45, 2.75) is 39.0 Å². The van der Waals surface area contributed by atoms with E-state index < -0.39 is 25.8 Å². The zero-order valence-corrected chi connectivity index (χ0v) is 15.6. The molecule has 1 aromatic rings. The Bertz CT molecular complexity index is 517. The summed E-state index contributed by atoms with van der Waals surface area (Å²) in [5, 5.41) is 9.11. The van der Waals surface area contributed by atoms with Crippen molar-refractivity contribution in [1.82, 2.24) is 0 Å². The quantitative estimate of drug-likeness (QED) is 0.405. The highest BCUT2D eigenvalue weighted by atomic mass is 31.2. The number of alkyl halides is 2. The van der Waals surface area contributed by atoms with Crippen LogP contribution < -0.4 is 0 Å². The third-order valence-electron chi connectivity index (χ3n) is 3.65. The summed E-state index contributed by atoms with van der Waals surface area (Å²) in [4.78, 5) is 0. The highest BCUT2D eigenvalue weighted by Gasteiger charge is 2.57. The predicted molar refractivity (Wildman–Crippen MR) is 91.7 cm³/mol. The minimum absolute atomic E-state index is 0.0490. The zero-order valence-electron chi connectivity index (χ0n) is 14.7. The average Bonchev–Trinajstić information content (AvgIpc) is 2.58. The van der Waals surface area contributed by atoms with Crippen molar-refractivity contribution >= 4 is 7.60 Å². The summed E-state index contributed by atoms with van der Waals surface area (Å²) in [6.45, 7) is 2.56. The molecule has 0 amide bonds. The molecule has 1 rings (SSSR count). The Hall–Kier alpha value is -0.850. The SMILES string of the molecule is CCOP(=O)(OCC)C(F)(F)[C@@H](CCO)CCOCc1ccccc1. The van der Waals surface area contributed by atoms with Crippen LogP contribution >= 0.6 is 7.60 Å². The molecular formula is C17H27F2O5P. The summed E-state index contributed by atoms with van der Waals surface area (Å²) in [6.07, 6.45) is -0.281. The van der Waals surface area contributed by atoms with Gasteiger partial charge in [-0.25, -0.2) is 0 Å². The van der Waals surface area contributed by atoms with Crippen LogP contribution in [0.3, 0.4) is 0 Å². The molecule has 1 N–H and O–H groups in total. The lowest BCUT2D eigenvalue weighted by molar-refractivity contribution is -0.0344. The second kappa shape index (κ2) is 11.0. The second-order valence-electron chi connectivity index (χ2n) is 5.46. The summed E-state index contributed by atoms with van der Waals surface area (Å²) >= 11 is 0. The molecular weight excluding hydrogens is 353 g/mol. The van der Waals surface area contributed by atoms with Crippen LogP contribution in [0, 0.1) is 5.92 Å². The monoisotopic (exact) mass is 380 g/mol. The van der Waals surface area contributed by atoms with Gasteiger partial charge in [-0.3, -0.25) is 4.57 Å². The maximum atomic E-state index is 14.8. The van der Waals surface area contributed by atoms with Crippen molar-refractivity contribution in [2.24, 2.45) is 5.92 Å². The minimum Gasteiger partial charge on any atom is -0.396 e. The molecule has 0 radical (unpaired) electrons. The Balaban J connectivity index is 2.70. The van der Waals surface area contributed by atoms with Gasteiger partial charge in [-0.1, -0.05) is 30.3 Å². The lowest BCUT2D eigenvalue weighted by Crippen LogP contribution is -2.32. The number of halogens is 2. The van der Waals surface area contributed by atoms with E-state index >= 15 is 0 Å². The summed E-state index contributed by atoms with van der Waals surface area (Å²) in [5.74, 6) is -1.36. The predicted octanol–water partition coefficient (Wildman–Crippen LogP) is 4.45. The fraction of sp³-hybridized carbons (Fsp3) is 0.647. The summed E-state index contributed by atoms with van der Waals surface area (Å²) in [5.41, 5.74) is -2.76. The number of ether oxygens (including phenoxy) is 1. The van der Waals surface area contributed by atoms with Gasteiger partial charge in [0.1, 0.15) is 0 Å². The van der Waals surface area contributed by atoms with Crippen molar-refractivity contribution in [3.8, 4) is 0 Å². The Morgan fingerprint density at radius 1 is 1.12 bits per heavy atom. The molecule has 0 aliphatic carbocycles. The van der Waals surface area contributed by atoms with Gasteiger partial charge in [0.05, 0.1) is 19.8 Å². The van der Waals surface area contributed by atoms with Crippen LogP contribution in [0.15, 0.2) is 30.3 Å². The average molecular weight is 380 g/mol. The fourth-order valence-electron chi connectivity index (χ4n) is 2.41. The van der Waals surface area contributed by atoms with Gasteiger partial charge >= 0.3 is 13.3 Å². The highest BCUT2D eigenvalue weighted by molar-refractivity contribution is 7.55. The number of aliphatic hydroxyl groups excluding tert-OH is 1. The van der Waals surface area contributed by atoms with Crippen LogP contribution in [0.1, 0.15) is 32.3 Å². The number of aliphatic hydroxyl groups is 1. The van der Waals surface area contributed by atoms with Crippen LogP contribution in [-0.2, 0) is 25.0 Å². The molecule has 0 spiro atoms. The van der Waals surface area contributed by atoms with Crippen molar-refractivity contribution < 1.29 is 32.2 Å². The normalized spacial score (nSPS) is 13.8. The van der Waals surface area contributed by atoms with E-state index in [9.17, 15) is 13.3 Å². The van der Waals surface area contributed by atoms with Crippen LogP contribution in [-0.4, -0.2) is 37.2 Å². The Kier molecular flexibility index (Phi) is 9.75. The van der Waals surface area contributed by atoms with E-state index in [1.807, 2.05) is 30.3 Å². The van der Waals surface area contributed by atoms with Crippen LogP contribution in [0.25, 0.3) is 0 Å². The molecule has 0 fully saturated rings. The molecule has 0 heterocycles. The highest BCUT2D eigenvalue weighted by Crippen LogP contribution is 2.65. The fourth-order valence-corrected chi connectivity index (χ4v) is 4.21. The molecule has 25 heavy (non-hydrogen) atoms. The second-order valence-corrected chi connectivity index (χ2v) is 7.56. The molecule has 1 atom stereocenters. The largest absolute Gasteiger partial charge is 0.399 e. The molecule has 1 aromatic carbocycles. The molecule has 0 aliphatic rings. The first-order valence-corrected chi connectivity index (χ1v) is 9.95. The first-order valence-electron chi connectivity index (χ1n) is 8.40. The third-order valence-corrected chi connectivity index (χ3v) is 5.95. The molecule has 144 valence electrons. The maximum Gasteiger partial charge on any atom is 0.399 e. The smallest absolute Gasteiger partial charge is 0.396 e. The van der Waals surface area contributed by atoms with Crippen LogP contribution in [0.2, 0.25) is 0 Å². The van der Waals surface area contributed by atoms with Gasteiger partial charge in [0.25, 0.3) is 0 Å². The molecule has 0 aliphatic heterocycles. The van der Waals surface area contributed by atoms with Crippen LogP contribution in [0.4, 0.5) is 8.78 Å². The van der Waals surface area contributed by atoms with Crippen LogP contribution in [0.5, 0.6) is 0 Å². The zero-order chi connectivity index (χ0) is 18.8. The van der Waals surface area contributed by atoms with Crippen molar-refractivity contribution in [3.63, 3.8) is 0 Å². The molecule has 0 unspecified atom stereocenters. The van der Waals surface area contributed by atoms with Gasteiger partial charge in [0.15, 0.2) is 0 Å². The van der Waals surface area contributed by atoms with Crippen molar-refractivity contribution in [3.05, 3.63) is 35.9 Å². The van der Waals surface area contributed by atoms with E-state index in [0.717, 1.165) is 5.56 Å². The van der Waals surface area contributed by atoms with Gasteiger partial charge in [-0.15, -0.1) is 0 Å². The van der Waals surface area contributed by atoms with Gasteiger partial charge in [0.2, 0.25) is 0 Å². The molecule has 0 saturated carbocycles. The molecule has 8 heteroatoms. The summed E-state index contributed by atoms with van der Waals surface area (Å²) < 4.78 is 57.1. The molecule has 5 nitrogen and oxygen atoms in total. The van der Waals surface area contributed by atoms with E-state index in [0.29, 0.717) is 6.61 Å². The number of benzene rings is 1. The Morgan fingerprint density at radius 2 is 1.72 bits per heavy atom. The van der Waals surface area contributed by atoms with Gasteiger partial charge in [0, 0.05) is 19.1 Å². The number of rotatable bonds is 13.